The highest BCUT2D eigenvalue weighted by Crippen LogP contribution is 2.44. The number of carbonyl (C=O) groups excluding carboxylic acids is 2. The highest BCUT2D eigenvalue weighted by molar-refractivity contribution is 7.90. The Hall–Kier alpha value is -4.20. The average Bonchev–Trinajstić information content (AvgIpc) is 3.58. The number of aromatic nitrogens is 3. The molecule has 2 aliphatic rings. The lowest BCUT2D eigenvalue weighted by Gasteiger charge is -2.39. The van der Waals surface area contributed by atoms with Crippen LogP contribution in [0.4, 0.5) is 16.3 Å². The predicted octanol–water partition coefficient (Wildman–Crippen LogP) is 4.10. The molecule has 2 aliphatic heterocycles. The molecule has 1 saturated heterocycles. The van der Waals surface area contributed by atoms with Crippen LogP contribution in [-0.2, 0) is 27.0 Å². The van der Waals surface area contributed by atoms with Crippen LogP contribution < -0.4 is 15.4 Å². The van der Waals surface area contributed by atoms with Gasteiger partial charge in [0.25, 0.3) is 15.9 Å². The Bertz CT molecular complexity index is 1850. The van der Waals surface area contributed by atoms with Gasteiger partial charge in [-0.15, -0.1) is 0 Å². The first kappa shape index (κ1) is 28.9. The van der Waals surface area contributed by atoms with Crippen molar-refractivity contribution in [2.75, 3.05) is 25.0 Å². The van der Waals surface area contributed by atoms with E-state index in [1.54, 1.807) is 30.0 Å². The summed E-state index contributed by atoms with van der Waals surface area (Å²) >= 11 is 6.17. The van der Waals surface area contributed by atoms with Gasteiger partial charge in [-0.2, -0.15) is 9.61 Å². The maximum absolute atomic E-state index is 14.0. The van der Waals surface area contributed by atoms with E-state index in [1.807, 2.05) is 23.8 Å². The topological polar surface area (TPSA) is 147 Å². The molecule has 0 atom stereocenters. The standard InChI is InChI=1S/C29H30ClN7O5S/c1-3-31-28(39)35-43(40,41)24-16-33-37-25(34-23-9-8-20(30)14-18(23)2)21(15-32-26(24)37)27(38)36-12-10-29(11-13-36)22-7-5-4-6-19(22)17-42-29/h4-9,14-16,34H,3,10-13,17H2,1-2H3,(H2,31,35,39). The second kappa shape index (κ2) is 11.1. The molecule has 12 nitrogen and oxygen atoms in total. The minimum atomic E-state index is -4.32. The second-order valence-corrected chi connectivity index (χ2v) is 12.6. The van der Waals surface area contributed by atoms with Gasteiger partial charge >= 0.3 is 6.03 Å². The van der Waals surface area contributed by atoms with E-state index in [4.69, 9.17) is 16.3 Å². The smallest absolute Gasteiger partial charge is 0.328 e. The Kier molecular flexibility index (Phi) is 7.48. The number of ether oxygens (including phenoxy) is 1. The molecular weight excluding hydrogens is 594 g/mol. The first-order valence-electron chi connectivity index (χ1n) is 13.8. The summed E-state index contributed by atoms with van der Waals surface area (Å²) in [6.07, 6.45) is 3.71. The minimum absolute atomic E-state index is 0.0592. The fourth-order valence-electron chi connectivity index (χ4n) is 5.68. The number of nitrogens with zero attached hydrogens (tertiary/aromatic N) is 4. The van der Waals surface area contributed by atoms with Crippen molar-refractivity contribution in [2.45, 2.75) is 43.8 Å². The van der Waals surface area contributed by atoms with Gasteiger partial charge in [0.1, 0.15) is 11.4 Å². The van der Waals surface area contributed by atoms with Crippen LogP contribution in [0.5, 0.6) is 0 Å². The lowest BCUT2D eigenvalue weighted by Crippen LogP contribution is -2.45. The highest BCUT2D eigenvalue weighted by atomic mass is 35.5. The number of likely N-dealkylation sites (tertiary alicyclic amines) is 1. The maximum Gasteiger partial charge on any atom is 0.328 e. The molecule has 43 heavy (non-hydrogen) atoms. The molecule has 0 bridgehead atoms. The number of amides is 3. The van der Waals surface area contributed by atoms with Crippen molar-refractivity contribution < 1.29 is 22.7 Å². The van der Waals surface area contributed by atoms with Gasteiger partial charge in [0.2, 0.25) is 0 Å². The number of carbonyl (C=O) groups is 2. The summed E-state index contributed by atoms with van der Waals surface area (Å²) < 4.78 is 35.6. The highest BCUT2D eigenvalue weighted by Gasteiger charge is 2.43. The van der Waals surface area contributed by atoms with Crippen LogP contribution in [0.15, 0.2) is 59.8 Å². The van der Waals surface area contributed by atoms with E-state index in [2.05, 4.69) is 32.8 Å². The lowest BCUT2D eigenvalue weighted by atomic mass is 9.83. The van der Waals surface area contributed by atoms with Gasteiger partial charge in [-0.1, -0.05) is 35.9 Å². The molecule has 0 unspecified atom stereocenters. The van der Waals surface area contributed by atoms with E-state index >= 15 is 0 Å². The Morgan fingerprint density at radius 1 is 1.12 bits per heavy atom. The van der Waals surface area contributed by atoms with Crippen molar-refractivity contribution in [3.63, 3.8) is 0 Å². The monoisotopic (exact) mass is 623 g/mol. The summed E-state index contributed by atoms with van der Waals surface area (Å²) in [6, 6.07) is 12.5. The van der Waals surface area contributed by atoms with Gasteiger partial charge < -0.3 is 20.3 Å². The number of nitrogens with one attached hydrogen (secondary N) is 3. The van der Waals surface area contributed by atoms with Crippen LogP contribution in [0.2, 0.25) is 5.02 Å². The maximum atomic E-state index is 14.0. The Morgan fingerprint density at radius 3 is 2.63 bits per heavy atom. The molecule has 3 amide bonds. The summed E-state index contributed by atoms with van der Waals surface area (Å²) in [6.45, 7) is 5.23. The van der Waals surface area contributed by atoms with Crippen LogP contribution in [0, 0.1) is 6.92 Å². The van der Waals surface area contributed by atoms with Crippen molar-refractivity contribution in [3.05, 3.63) is 82.1 Å². The molecule has 1 fully saturated rings. The molecule has 224 valence electrons. The first-order chi connectivity index (χ1) is 20.6. The molecule has 2 aromatic heterocycles. The molecular formula is C29H30ClN7O5S. The number of anilines is 2. The van der Waals surface area contributed by atoms with E-state index in [0.717, 1.165) is 11.8 Å². The summed E-state index contributed by atoms with van der Waals surface area (Å²) in [5, 5.41) is 10.5. The van der Waals surface area contributed by atoms with Crippen LogP contribution in [0.1, 0.15) is 46.8 Å². The summed E-state index contributed by atoms with van der Waals surface area (Å²) in [4.78, 5) is 31.8. The zero-order chi connectivity index (χ0) is 30.4. The normalized spacial score (nSPS) is 15.8. The lowest BCUT2D eigenvalue weighted by molar-refractivity contribution is -0.0741. The number of aryl methyl sites for hydroxylation is 1. The molecule has 0 saturated carbocycles. The van der Waals surface area contributed by atoms with E-state index in [9.17, 15) is 18.0 Å². The SMILES string of the molecule is CCNC(=O)NS(=O)(=O)c1cnn2c(Nc3ccc(Cl)cc3C)c(C(=O)N3CCC4(CC3)OCc3ccccc34)cnc12. The zero-order valence-electron chi connectivity index (χ0n) is 23.6. The summed E-state index contributed by atoms with van der Waals surface area (Å²) in [7, 11) is -4.32. The third-order valence-corrected chi connectivity index (χ3v) is 9.45. The van der Waals surface area contributed by atoms with Crippen LogP contribution >= 0.6 is 11.6 Å². The summed E-state index contributed by atoms with van der Waals surface area (Å²) in [5.41, 5.74) is 3.51. The van der Waals surface area contributed by atoms with E-state index in [1.165, 1.54) is 21.8 Å². The molecule has 6 rings (SSSR count). The largest absolute Gasteiger partial charge is 0.365 e. The number of sulfonamides is 1. The number of hydrogen-bond acceptors (Lipinski definition) is 8. The van der Waals surface area contributed by atoms with Crippen molar-refractivity contribution in [1.82, 2.24) is 29.5 Å². The number of rotatable bonds is 6. The van der Waals surface area contributed by atoms with E-state index < -0.39 is 21.7 Å². The van der Waals surface area contributed by atoms with Crippen LogP contribution in [-0.4, -0.2) is 59.5 Å². The number of benzene rings is 2. The van der Waals surface area contributed by atoms with Gasteiger partial charge in [0.05, 0.1) is 18.4 Å². The van der Waals surface area contributed by atoms with Crippen molar-refractivity contribution in [3.8, 4) is 0 Å². The van der Waals surface area contributed by atoms with Crippen molar-refractivity contribution in [1.29, 1.82) is 0 Å². The predicted molar refractivity (Wildman–Crippen MR) is 160 cm³/mol. The van der Waals surface area contributed by atoms with Gasteiger partial charge in [-0.25, -0.2) is 22.9 Å². The molecule has 4 aromatic rings. The third kappa shape index (κ3) is 5.28. The van der Waals surface area contributed by atoms with Gasteiger partial charge in [-0.05, 0) is 61.6 Å². The third-order valence-electron chi connectivity index (χ3n) is 7.89. The van der Waals surface area contributed by atoms with Crippen LogP contribution in [0.3, 0.4) is 0 Å². The average molecular weight is 624 g/mol. The molecule has 0 radical (unpaired) electrons. The zero-order valence-corrected chi connectivity index (χ0v) is 25.1. The number of urea groups is 1. The minimum Gasteiger partial charge on any atom is -0.365 e. The first-order valence-corrected chi connectivity index (χ1v) is 15.7. The number of halogens is 1. The molecule has 14 heteroatoms. The molecule has 4 heterocycles. The Labute approximate surface area is 253 Å². The fraction of sp³-hybridized carbons (Fsp3) is 0.310. The number of hydrogen-bond donors (Lipinski definition) is 3. The Morgan fingerprint density at radius 2 is 1.88 bits per heavy atom. The Balaban J connectivity index is 1.36. The fourth-order valence-corrected chi connectivity index (χ4v) is 6.90. The van der Waals surface area contributed by atoms with Crippen LogP contribution in [0.25, 0.3) is 5.65 Å². The molecule has 2 aromatic carbocycles. The quantitative estimate of drug-likeness (QED) is 0.291. The molecule has 0 aliphatic carbocycles. The van der Waals surface area contributed by atoms with Gasteiger partial charge in [-0.3, -0.25) is 4.79 Å². The molecule has 3 N–H and O–H groups in total. The number of fused-ring (bicyclic) bond motifs is 3. The van der Waals surface area contributed by atoms with Gasteiger partial charge in [0, 0.05) is 36.5 Å². The number of piperidine rings is 1. The molecule has 1 spiro atoms. The van der Waals surface area contributed by atoms with Gasteiger partial charge in [0.15, 0.2) is 10.5 Å². The van der Waals surface area contributed by atoms with Crippen molar-refractivity contribution >= 4 is 50.7 Å². The second-order valence-electron chi connectivity index (χ2n) is 10.5. The van der Waals surface area contributed by atoms with E-state index in [0.29, 0.717) is 43.2 Å². The summed E-state index contributed by atoms with van der Waals surface area (Å²) in [5.74, 6) is -0.0624. The van der Waals surface area contributed by atoms with E-state index in [-0.39, 0.29) is 34.4 Å². The van der Waals surface area contributed by atoms with Crippen molar-refractivity contribution in [2.24, 2.45) is 0 Å².